The van der Waals surface area contributed by atoms with E-state index in [0.717, 1.165) is 45.6 Å². The minimum Gasteiger partial charge on any atom is -0.197 e. The molecule has 3 aromatic rings. The van der Waals surface area contributed by atoms with E-state index in [-0.39, 0.29) is 0 Å². The second-order valence-electron chi connectivity index (χ2n) is 5.24. The summed E-state index contributed by atoms with van der Waals surface area (Å²) in [6, 6.07) is 12.2. The highest BCUT2D eigenvalue weighted by molar-refractivity contribution is 6.35. The average molecular weight is 300 g/mol. The van der Waals surface area contributed by atoms with E-state index >= 15 is 0 Å². The molecular formula is C17H18ClN3. The maximum atomic E-state index is 6.68. The number of unbranched alkanes of at least 4 members (excludes halogenated alkanes) is 2. The number of aromatic amines is 1. The zero-order valence-electron chi connectivity index (χ0n) is 12.1. The lowest BCUT2D eigenvalue weighted by Gasteiger charge is -2.10. The Kier molecular flexibility index (Phi) is 4.20. The van der Waals surface area contributed by atoms with Crippen LogP contribution >= 0.6 is 11.6 Å². The lowest BCUT2D eigenvalue weighted by Crippen LogP contribution is -1.92. The zero-order valence-corrected chi connectivity index (χ0v) is 12.8. The Morgan fingerprint density at radius 2 is 1.90 bits per heavy atom. The number of nitrogens with zero attached hydrogens (tertiary/aromatic N) is 2. The van der Waals surface area contributed by atoms with E-state index in [9.17, 15) is 0 Å². The van der Waals surface area contributed by atoms with E-state index in [0.29, 0.717) is 0 Å². The third-order valence-electron chi connectivity index (χ3n) is 3.74. The van der Waals surface area contributed by atoms with E-state index in [1.807, 2.05) is 18.2 Å². The van der Waals surface area contributed by atoms with Crippen LogP contribution < -0.4 is 0 Å². The number of nitrogens with one attached hydrogen (secondary N) is 1. The Labute approximate surface area is 129 Å². The summed E-state index contributed by atoms with van der Waals surface area (Å²) in [6.45, 7) is 2.21. The summed E-state index contributed by atoms with van der Waals surface area (Å²) in [7, 11) is 0. The van der Waals surface area contributed by atoms with Gasteiger partial charge in [0.05, 0.1) is 5.02 Å². The third-order valence-corrected chi connectivity index (χ3v) is 4.17. The third kappa shape index (κ3) is 2.79. The van der Waals surface area contributed by atoms with E-state index in [2.05, 4.69) is 40.5 Å². The first kappa shape index (κ1) is 14.1. The number of aryl methyl sites for hydroxylation is 1. The highest BCUT2D eigenvalue weighted by Crippen LogP contribution is 2.36. The molecule has 0 unspecified atom stereocenters. The van der Waals surface area contributed by atoms with Gasteiger partial charge in [-0.25, -0.2) is 0 Å². The summed E-state index contributed by atoms with van der Waals surface area (Å²) in [6.07, 6.45) is 4.55. The molecule has 2 aromatic carbocycles. The number of fused-ring (bicyclic) bond motifs is 1. The van der Waals surface area contributed by atoms with Gasteiger partial charge in [-0.15, -0.1) is 0 Å². The van der Waals surface area contributed by atoms with Crippen LogP contribution in [0, 0.1) is 0 Å². The molecule has 1 aromatic heterocycles. The van der Waals surface area contributed by atoms with Gasteiger partial charge in [-0.05, 0) is 30.0 Å². The molecule has 3 rings (SSSR count). The van der Waals surface area contributed by atoms with Gasteiger partial charge in [-0.1, -0.05) is 61.7 Å². The first-order valence-electron chi connectivity index (χ1n) is 7.38. The molecular weight excluding hydrogens is 282 g/mol. The first-order valence-corrected chi connectivity index (χ1v) is 7.76. The Bertz CT molecular complexity index is 734. The Morgan fingerprint density at radius 3 is 2.67 bits per heavy atom. The van der Waals surface area contributed by atoms with Gasteiger partial charge in [0.1, 0.15) is 11.0 Å². The van der Waals surface area contributed by atoms with Crippen molar-refractivity contribution >= 4 is 22.6 Å². The molecule has 0 radical (unpaired) electrons. The fraction of sp³-hybridized carbons (Fsp3) is 0.294. The van der Waals surface area contributed by atoms with Crippen molar-refractivity contribution in [2.45, 2.75) is 32.6 Å². The van der Waals surface area contributed by atoms with Crippen LogP contribution in [0.2, 0.25) is 5.02 Å². The molecule has 0 saturated carbocycles. The van der Waals surface area contributed by atoms with Gasteiger partial charge in [0, 0.05) is 5.56 Å². The van der Waals surface area contributed by atoms with Crippen molar-refractivity contribution in [1.29, 1.82) is 0 Å². The predicted molar refractivity (Wildman–Crippen MR) is 87.6 cm³/mol. The van der Waals surface area contributed by atoms with Crippen molar-refractivity contribution in [2.24, 2.45) is 0 Å². The largest absolute Gasteiger partial charge is 0.197 e. The molecule has 0 atom stereocenters. The minimum atomic E-state index is 0.804. The monoisotopic (exact) mass is 299 g/mol. The standard InChI is InChI=1S/C17H18ClN3/c1-2-3-5-10-13-11-14-17(20-21-19-14)15(16(13)18)12-8-6-4-7-9-12/h4,6-9,11H,2-3,5,10H2,1H3,(H,19,20,21). The molecule has 3 nitrogen and oxygen atoms in total. The van der Waals surface area contributed by atoms with Gasteiger partial charge < -0.3 is 0 Å². The van der Waals surface area contributed by atoms with Crippen molar-refractivity contribution in [3.05, 3.63) is 47.0 Å². The second-order valence-corrected chi connectivity index (χ2v) is 5.62. The van der Waals surface area contributed by atoms with Gasteiger partial charge in [0.15, 0.2) is 0 Å². The number of halogens is 1. The summed E-state index contributed by atoms with van der Waals surface area (Å²) in [4.78, 5) is 0. The fourth-order valence-corrected chi connectivity index (χ4v) is 2.98. The molecule has 0 saturated heterocycles. The predicted octanol–water partition coefficient (Wildman–Crippen LogP) is 5.01. The lowest BCUT2D eigenvalue weighted by atomic mass is 9.98. The molecule has 0 aliphatic heterocycles. The van der Waals surface area contributed by atoms with Crippen LogP contribution in [0.15, 0.2) is 36.4 Å². The molecule has 0 amide bonds. The van der Waals surface area contributed by atoms with Crippen LogP contribution in [0.25, 0.3) is 22.2 Å². The lowest BCUT2D eigenvalue weighted by molar-refractivity contribution is 0.718. The number of aromatic nitrogens is 3. The van der Waals surface area contributed by atoms with Gasteiger partial charge in [-0.2, -0.15) is 15.4 Å². The molecule has 21 heavy (non-hydrogen) atoms. The van der Waals surface area contributed by atoms with E-state index in [1.54, 1.807) is 0 Å². The summed E-state index contributed by atoms with van der Waals surface area (Å²) in [5.74, 6) is 0. The van der Waals surface area contributed by atoms with E-state index in [4.69, 9.17) is 11.6 Å². The first-order chi connectivity index (χ1) is 10.3. The summed E-state index contributed by atoms with van der Waals surface area (Å²) < 4.78 is 0. The summed E-state index contributed by atoms with van der Waals surface area (Å²) >= 11 is 6.68. The highest BCUT2D eigenvalue weighted by Gasteiger charge is 2.16. The Hall–Kier alpha value is -1.87. The quantitative estimate of drug-likeness (QED) is 0.673. The van der Waals surface area contributed by atoms with Crippen LogP contribution in [0.5, 0.6) is 0 Å². The molecule has 4 heteroatoms. The fourth-order valence-electron chi connectivity index (χ4n) is 2.63. The second kappa shape index (κ2) is 6.27. The number of hydrogen-bond donors (Lipinski definition) is 1. The topological polar surface area (TPSA) is 41.6 Å². The molecule has 1 heterocycles. The maximum absolute atomic E-state index is 6.68. The molecule has 108 valence electrons. The minimum absolute atomic E-state index is 0.804. The van der Waals surface area contributed by atoms with Gasteiger partial charge in [0.2, 0.25) is 0 Å². The average Bonchev–Trinajstić information content (AvgIpc) is 2.96. The molecule has 0 aliphatic rings. The summed E-state index contributed by atoms with van der Waals surface area (Å²) in [5.41, 5.74) is 4.94. The molecule has 1 N–H and O–H groups in total. The van der Waals surface area contributed by atoms with Gasteiger partial charge in [-0.3, -0.25) is 0 Å². The van der Waals surface area contributed by atoms with E-state index < -0.39 is 0 Å². The van der Waals surface area contributed by atoms with Gasteiger partial charge in [0.25, 0.3) is 0 Å². The highest BCUT2D eigenvalue weighted by atomic mass is 35.5. The van der Waals surface area contributed by atoms with Crippen LogP contribution in [0.1, 0.15) is 31.7 Å². The molecule has 0 fully saturated rings. The zero-order chi connectivity index (χ0) is 14.7. The van der Waals surface area contributed by atoms with Crippen LogP contribution in [0.3, 0.4) is 0 Å². The molecule has 0 spiro atoms. The smallest absolute Gasteiger partial charge is 0.122 e. The van der Waals surface area contributed by atoms with E-state index in [1.165, 1.54) is 12.8 Å². The summed E-state index contributed by atoms with van der Waals surface area (Å²) in [5, 5.41) is 12.0. The van der Waals surface area contributed by atoms with Crippen LogP contribution in [-0.4, -0.2) is 15.4 Å². The van der Waals surface area contributed by atoms with Crippen LogP contribution in [0.4, 0.5) is 0 Å². The van der Waals surface area contributed by atoms with Crippen molar-refractivity contribution in [3.8, 4) is 11.1 Å². The molecule has 0 aliphatic carbocycles. The van der Waals surface area contributed by atoms with Crippen molar-refractivity contribution in [3.63, 3.8) is 0 Å². The number of benzene rings is 2. The Morgan fingerprint density at radius 1 is 1.10 bits per heavy atom. The normalized spacial score (nSPS) is 11.1. The van der Waals surface area contributed by atoms with Crippen LogP contribution in [-0.2, 0) is 6.42 Å². The number of H-pyrrole nitrogens is 1. The van der Waals surface area contributed by atoms with Crippen molar-refractivity contribution in [2.75, 3.05) is 0 Å². The van der Waals surface area contributed by atoms with Gasteiger partial charge >= 0.3 is 0 Å². The maximum Gasteiger partial charge on any atom is 0.122 e. The van der Waals surface area contributed by atoms with Crippen molar-refractivity contribution < 1.29 is 0 Å². The number of hydrogen-bond acceptors (Lipinski definition) is 2. The number of rotatable bonds is 5. The molecule has 0 bridgehead atoms. The van der Waals surface area contributed by atoms with Crippen molar-refractivity contribution in [1.82, 2.24) is 15.4 Å². The Balaban J connectivity index is 2.12. The SMILES string of the molecule is CCCCCc1cc2n[nH]nc2c(-c2ccccc2)c1Cl.